The fraction of sp³-hybridized carbons (Fsp3) is 0.704. The van der Waals surface area contributed by atoms with Gasteiger partial charge in [0.25, 0.3) is 10.0 Å². The van der Waals surface area contributed by atoms with Crippen LogP contribution in [0.4, 0.5) is 4.79 Å². The van der Waals surface area contributed by atoms with Crippen molar-refractivity contribution in [2.75, 3.05) is 6.54 Å². The Morgan fingerprint density at radius 1 is 0.971 bits per heavy atom. The zero-order valence-electron chi connectivity index (χ0n) is 22.9. The number of carbonyl (C=O) groups excluding carboxylic acids is 2. The maximum atomic E-state index is 14.2. The Balaban J connectivity index is 2.77. The smallest absolute Gasteiger partial charge is 0.274 e. The molecule has 0 spiro atoms. The predicted octanol–water partition coefficient (Wildman–Crippen LogP) is 6.47. The van der Waals surface area contributed by atoms with Crippen LogP contribution in [0.15, 0.2) is 17.0 Å². The van der Waals surface area contributed by atoms with Gasteiger partial charge in [0.1, 0.15) is 0 Å². The van der Waals surface area contributed by atoms with Gasteiger partial charge in [-0.05, 0) is 46.3 Å². The molecular formula is C27H44N2O4S. The second-order valence-electron chi connectivity index (χ2n) is 11.7. The summed E-state index contributed by atoms with van der Waals surface area (Å²) in [5, 5.41) is 0. The summed E-state index contributed by atoms with van der Waals surface area (Å²) in [5.74, 6) is -0.522. The summed E-state index contributed by atoms with van der Waals surface area (Å²) in [4.78, 5) is 28.3. The Bertz CT molecular complexity index is 1010. The molecule has 0 aliphatic carbocycles. The van der Waals surface area contributed by atoms with Crippen LogP contribution in [0.5, 0.6) is 0 Å². The highest BCUT2D eigenvalue weighted by atomic mass is 32.2. The van der Waals surface area contributed by atoms with Crippen LogP contribution in [-0.4, -0.2) is 42.1 Å². The van der Waals surface area contributed by atoms with Gasteiger partial charge in [-0.1, -0.05) is 88.3 Å². The fourth-order valence-corrected chi connectivity index (χ4v) is 6.43. The van der Waals surface area contributed by atoms with Crippen molar-refractivity contribution in [3.05, 3.63) is 28.8 Å². The molecule has 0 aromatic heterocycles. The van der Waals surface area contributed by atoms with E-state index in [0.29, 0.717) is 6.42 Å². The fourth-order valence-electron chi connectivity index (χ4n) is 4.39. The van der Waals surface area contributed by atoms with E-state index in [9.17, 15) is 18.0 Å². The highest BCUT2D eigenvalue weighted by Gasteiger charge is 2.52. The van der Waals surface area contributed by atoms with E-state index in [2.05, 4.69) is 13.8 Å². The first-order valence-electron chi connectivity index (χ1n) is 12.5. The average molecular weight is 493 g/mol. The van der Waals surface area contributed by atoms with Crippen molar-refractivity contribution in [2.24, 2.45) is 11.3 Å². The lowest BCUT2D eigenvalue weighted by molar-refractivity contribution is -0.134. The van der Waals surface area contributed by atoms with Crippen LogP contribution < -0.4 is 0 Å². The third-order valence-corrected chi connectivity index (χ3v) is 8.84. The lowest BCUT2D eigenvalue weighted by Gasteiger charge is -2.33. The van der Waals surface area contributed by atoms with E-state index >= 15 is 0 Å². The van der Waals surface area contributed by atoms with Gasteiger partial charge in [-0.2, -0.15) is 0 Å². The monoisotopic (exact) mass is 492 g/mol. The van der Waals surface area contributed by atoms with Gasteiger partial charge < -0.3 is 0 Å². The van der Waals surface area contributed by atoms with Gasteiger partial charge in [-0.25, -0.2) is 17.5 Å². The molecule has 3 amide bonds. The number of rotatable bonds is 7. The predicted molar refractivity (Wildman–Crippen MR) is 138 cm³/mol. The Hall–Kier alpha value is -1.89. The number of hydrogen-bond acceptors (Lipinski definition) is 4. The summed E-state index contributed by atoms with van der Waals surface area (Å²) < 4.78 is 29.4. The summed E-state index contributed by atoms with van der Waals surface area (Å²) in [5.41, 5.74) is 2.07. The Kier molecular flexibility index (Phi) is 8.34. The zero-order valence-corrected chi connectivity index (χ0v) is 23.7. The Labute approximate surface area is 207 Å². The molecular weight excluding hydrogens is 448 g/mol. The molecule has 192 valence electrons. The molecule has 1 aromatic rings. The van der Waals surface area contributed by atoms with Crippen molar-refractivity contribution in [3.63, 3.8) is 0 Å². The van der Waals surface area contributed by atoms with E-state index in [1.54, 1.807) is 6.92 Å². The van der Waals surface area contributed by atoms with Crippen LogP contribution in [0.2, 0.25) is 0 Å². The molecule has 0 bridgehead atoms. The van der Waals surface area contributed by atoms with Crippen molar-refractivity contribution in [1.29, 1.82) is 0 Å². The highest BCUT2D eigenvalue weighted by molar-refractivity contribution is 7.89. The molecule has 0 saturated carbocycles. The third-order valence-electron chi connectivity index (χ3n) is 6.97. The molecule has 34 heavy (non-hydrogen) atoms. The molecule has 1 aliphatic rings. The second-order valence-corrected chi connectivity index (χ2v) is 13.5. The van der Waals surface area contributed by atoms with E-state index in [1.807, 2.05) is 67.5 Å². The molecule has 2 atom stereocenters. The normalized spacial score (nSPS) is 18.5. The van der Waals surface area contributed by atoms with Gasteiger partial charge in [0.2, 0.25) is 5.91 Å². The van der Waals surface area contributed by atoms with Crippen LogP contribution >= 0.6 is 0 Å². The molecule has 1 aromatic carbocycles. The van der Waals surface area contributed by atoms with E-state index < -0.39 is 27.5 Å². The number of nitrogens with zero attached hydrogens (tertiary/aromatic N) is 2. The van der Waals surface area contributed by atoms with Crippen LogP contribution in [0.3, 0.4) is 0 Å². The molecule has 1 fully saturated rings. The van der Waals surface area contributed by atoms with Crippen molar-refractivity contribution in [2.45, 2.75) is 111 Å². The minimum Gasteiger partial charge on any atom is -0.274 e. The van der Waals surface area contributed by atoms with Gasteiger partial charge in [-0.15, -0.1) is 0 Å². The molecule has 0 unspecified atom stereocenters. The number of urea groups is 1. The molecule has 0 N–H and O–H groups in total. The van der Waals surface area contributed by atoms with Gasteiger partial charge in [-0.3, -0.25) is 9.69 Å². The first kappa shape index (κ1) is 28.3. The Morgan fingerprint density at radius 3 is 1.79 bits per heavy atom. The van der Waals surface area contributed by atoms with Crippen LogP contribution in [0.25, 0.3) is 0 Å². The van der Waals surface area contributed by atoms with Crippen LogP contribution in [0, 0.1) is 11.3 Å². The van der Waals surface area contributed by atoms with E-state index in [-0.39, 0.29) is 41.0 Å². The van der Waals surface area contributed by atoms with Gasteiger partial charge >= 0.3 is 6.03 Å². The average Bonchev–Trinajstić information content (AvgIpc) is 3.09. The van der Waals surface area contributed by atoms with Crippen molar-refractivity contribution >= 4 is 22.0 Å². The largest absolute Gasteiger partial charge is 0.341 e. The summed E-state index contributed by atoms with van der Waals surface area (Å²) in [6.45, 7) is 21.5. The number of sulfonamides is 1. The molecule has 0 radical (unpaired) electrons. The SMILES string of the molecule is CC[C@@H](C)C(=O)N1C(=O)N(S(=O)(=O)c2c(C(C)C)cc(C(C)C)cc2C(C)C)C[C@H]1C(C)(C)C. The third kappa shape index (κ3) is 5.19. The zero-order chi connectivity index (χ0) is 26.3. The maximum absolute atomic E-state index is 14.2. The maximum Gasteiger partial charge on any atom is 0.341 e. The summed E-state index contributed by atoms with van der Waals surface area (Å²) >= 11 is 0. The van der Waals surface area contributed by atoms with Gasteiger partial charge in [0.15, 0.2) is 0 Å². The second kappa shape index (κ2) is 10.00. The first-order valence-corrected chi connectivity index (χ1v) is 14.0. The van der Waals surface area contributed by atoms with E-state index in [4.69, 9.17) is 0 Å². The first-order chi connectivity index (χ1) is 15.5. The van der Waals surface area contributed by atoms with Crippen molar-refractivity contribution < 1.29 is 18.0 Å². The minimum absolute atomic E-state index is 0.0339. The molecule has 1 heterocycles. The summed E-state index contributed by atoms with van der Waals surface area (Å²) in [7, 11) is -4.18. The topological polar surface area (TPSA) is 74.8 Å². The lowest BCUT2D eigenvalue weighted by atomic mass is 9.86. The number of benzene rings is 1. The quantitative estimate of drug-likeness (QED) is 0.437. The summed E-state index contributed by atoms with van der Waals surface area (Å²) in [6.07, 6.45) is 0.581. The van der Waals surface area contributed by atoms with Gasteiger partial charge in [0, 0.05) is 5.92 Å². The van der Waals surface area contributed by atoms with Crippen molar-refractivity contribution in [1.82, 2.24) is 9.21 Å². The number of carbonyl (C=O) groups is 2. The van der Waals surface area contributed by atoms with E-state index in [1.165, 1.54) is 4.90 Å². The molecule has 2 rings (SSSR count). The minimum atomic E-state index is -4.18. The molecule has 1 saturated heterocycles. The number of amides is 3. The molecule has 1 aliphatic heterocycles. The number of hydrogen-bond donors (Lipinski definition) is 0. The number of imide groups is 1. The molecule has 7 heteroatoms. The standard InChI is InChI=1S/C27H44N2O4S/c1-12-19(8)25(30)29-23(27(9,10)11)15-28(26(29)31)34(32,33)24-21(17(4)5)13-20(16(2)3)14-22(24)18(6)7/h13-14,16-19,23H,12,15H2,1-11H3/t19-,23+/m1/s1. The summed E-state index contributed by atoms with van der Waals surface area (Å²) in [6, 6.07) is 2.68. The van der Waals surface area contributed by atoms with Gasteiger partial charge in [0.05, 0.1) is 17.5 Å². The van der Waals surface area contributed by atoms with Crippen molar-refractivity contribution in [3.8, 4) is 0 Å². The van der Waals surface area contributed by atoms with Crippen LogP contribution in [0.1, 0.15) is 117 Å². The Morgan fingerprint density at radius 2 is 1.44 bits per heavy atom. The van der Waals surface area contributed by atoms with E-state index in [0.717, 1.165) is 21.0 Å². The lowest BCUT2D eigenvalue weighted by Crippen LogP contribution is -2.48. The molecule has 6 nitrogen and oxygen atoms in total. The van der Waals surface area contributed by atoms with Crippen LogP contribution in [-0.2, 0) is 14.8 Å². The highest BCUT2D eigenvalue weighted by Crippen LogP contribution is 2.40.